The van der Waals surface area contributed by atoms with E-state index in [1.165, 1.54) is 32.3 Å². The fourth-order valence-corrected chi connectivity index (χ4v) is 11.0. The van der Waals surface area contributed by atoms with Crippen LogP contribution < -0.4 is 52.8 Å². The first-order chi connectivity index (χ1) is 13.5. The number of hydrogen-bond donors (Lipinski definition) is 0. The molecule has 1 aliphatic carbocycles. The zero-order valence-corrected chi connectivity index (χ0v) is 23.6. The first-order valence-corrected chi connectivity index (χ1v) is 12.0. The minimum atomic E-state index is -2.45. The van der Waals surface area contributed by atoms with E-state index in [9.17, 15) is 0 Å². The molecule has 3 aromatic carbocycles. The van der Waals surface area contributed by atoms with Gasteiger partial charge in [0.25, 0.3) is 0 Å². The summed E-state index contributed by atoms with van der Waals surface area (Å²) in [5, 5.41) is 4.16. The van der Waals surface area contributed by atoms with Gasteiger partial charge in [-0.05, 0) is 15.6 Å². The second-order valence-corrected chi connectivity index (χ2v) is 12.2. The topological polar surface area (TPSA) is 0 Å². The van der Waals surface area contributed by atoms with Crippen molar-refractivity contribution in [2.24, 2.45) is 0 Å². The maximum absolute atomic E-state index is 3.97. The molecule has 0 aliphatic heterocycles. The van der Waals surface area contributed by atoms with E-state index in [4.69, 9.17) is 0 Å². The Kier molecular flexibility index (Phi) is 12.0. The molecule has 5 heteroatoms. The third kappa shape index (κ3) is 4.75. The summed E-state index contributed by atoms with van der Waals surface area (Å²) in [6.45, 7) is 9.20. The van der Waals surface area contributed by atoms with Crippen LogP contribution in [0.3, 0.4) is 0 Å². The molecule has 0 saturated carbocycles. The number of halogens is 3. The number of hydrogen-bond acceptors (Lipinski definition) is 0. The Labute approximate surface area is 227 Å². The molecule has 3 aromatic rings. The average molecular weight is 534 g/mol. The van der Waals surface area contributed by atoms with Crippen molar-refractivity contribution in [3.05, 3.63) is 114 Å². The van der Waals surface area contributed by atoms with Crippen LogP contribution in [0.5, 0.6) is 0 Å². The molecular formula is C27H27Cl3SiTi. The Hall–Kier alpha value is -1.06. The van der Waals surface area contributed by atoms with Crippen molar-refractivity contribution in [1.82, 2.24) is 0 Å². The summed E-state index contributed by atoms with van der Waals surface area (Å²) in [5.41, 5.74) is 4.13. The average Bonchev–Trinajstić information content (AvgIpc) is 2.94. The number of benzene rings is 3. The molecule has 0 spiro atoms. The Balaban J connectivity index is 0.00000240. The first kappa shape index (κ1) is 30.9. The van der Waals surface area contributed by atoms with Gasteiger partial charge in [-0.3, -0.25) is 6.08 Å². The molecule has 0 radical (unpaired) electrons. The smallest absolute Gasteiger partial charge is 1.00 e. The molecule has 4 rings (SSSR count). The van der Waals surface area contributed by atoms with Gasteiger partial charge in [0.2, 0.25) is 0 Å². The van der Waals surface area contributed by atoms with Gasteiger partial charge >= 0.3 is 21.7 Å². The monoisotopic (exact) mass is 532 g/mol. The number of rotatable bonds is 4. The molecule has 1 atom stereocenters. The minimum absolute atomic E-state index is 0. The van der Waals surface area contributed by atoms with E-state index in [-0.39, 0.29) is 64.0 Å². The van der Waals surface area contributed by atoms with Crippen LogP contribution >= 0.6 is 0 Å². The molecule has 0 N–H and O–H groups in total. The van der Waals surface area contributed by atoms with Crippen molar-refractivity contribution in [2.75, 3.05) is 0 Å². The summed E-state index contributed by atoms with van der Waals surface area (Å²) < 4.78 is 0. The van der Waals surface area contributed by atoms with E-state index in [1.807, 2.05) is 0 Å². The summed E-state index contributed by atoms with van der Waals surface area (Å²) in [6.07, 6.45) is 3.97. The zero-order chi connectivity index (χ0) is 19.8. The van der Waals surface area contributed by atoms with Gasteiger partial charge in [-0.15, -0.1) is 6.92 Å². The van der Waals surface area contributed by atoms with Crippen LogP contribution in [-0.4, -0.2) is 8.07 Å². The second kappa shape index (κ2) is 12.4. The summed E-state index contributed by atoms with van der Waals surface area (Å²) in [5.74, 6) is 0. The largest absolute Gasteiger partial charge is 4.00 e. The van der Waals surface area contributed by atoms with Crippen molar-refractivity contribution in [3.8, 4) is 0 Å². The molecule has 0 fully saturated rings. The van der Waals surface area contributed by atoms with Crippen molar-refractivity contribution < 1.29 is 58.9 Å². The molecule has 0 amide bonds. The van der Waals surface area contributed by atoms with Crippen LogP contribution in [0, 0.1) is 6.08 Å². The van der Waals surface area contributed by atoms with E-state index in [0.29, 0.717) is 0 Å². The summed E-state index contributed by atoms with van der Waals surface area (Å²) in [6, 6.07) is 33.4. The van der Waals surface area contributed by atoms with Gasteiger partial charge < -0.3 is 37.2 Å². The van der Waals surface area contributed by atoms with E-state index < -0.39 is 8.07 Å². The Morgan fingerprint density at radius 3 is 1.16 bits per heavy atom. The van der Waals surface area contributed by atoms with Gasteiger partial charge in [0.1, 0.15) is 8.07 Å². The van der Waals surface area contributed by atoms with Gasteiger partial charge in [0.05, 0.1) is 0 Å². The van der Waals surface area contributed by atoms with Crippen molar-refractivity contribution in [1.29, 1.82) is 0 Å². The third-order valence-corrected chi connectivity index (χ3v) is 12.3. The molecule has 0 bridgehead atoms. The van der Waals surface area contributed by atoms with Gasteiger partial charge in [-0.25, -0.2) is 5.57 Å². The first-order valence-electron chi connectivity index (χ1n) is 9.98. The Morgan fingerprint density at radius 2 is 0.906 bits per heavy atom. The quantitative estimate of drug-likeness (QED) is 0.182. The zero-order valence-electron chi connectivity index (χ0n) is 18.8. The minimum Gasteiger partial charge on any atom is -1.00 e. The van der Waals surface area contributed by atoms with Crippen LogP contribution in [0.1, 0.15) is 27.7 Å². The summed E-state index contributed by atoms with van der Waals surface area (Å²) >= 11 is 0. The van der Waals surface area contributed by atoms with Crippen LogP contribution in [0.15, 0.2) is 108 Å². The third-order valence-electron chi connectivity index (χ3n) is 6.68. The van der Waals surface area contributed by atoms with E-state index in [2.05, 4.69) is 125 Å². The molecule has 32 heavy (non-hydrogen) atoms. The molecule has 0 nitrogen and oxygen atoms in total. The predicted octanol–water partition coefficient (Wildman–Crippen LogP) is -3.97. The molecular weight excluding hydrogens is 507 g/mol. The molecule has 0 saturated heterocycles. The Bertz CT molecular complexity index is 953. The fraction of sp³-hybridized carbons (Fsp3) is 0.185. The van der Waals surface area contributed by atoms with Gasteiger partial charge in [0.15, 0.2) is 0 Å². The Morgan fingerprint density at radius 1 is 0.594 bits per heavy atom. The van der Waals surface area contributed by atoms with E-state index in [1.54, 1.807) is 0 Å². The SMILES string of the molecule is CC1=[C-]C(C)([Si](c2ccccc2)(c2ccccc2)c2ccccc2)C(C)=C1C.[Cl-].[Cl-].[Cl-].[Ti+4]. The van der Waals surface area contributed by atoms with Crippen molar-refractivity contribution in [3.63, 3.8) is 0 Å². The molecule has 0 aromatic heterocycles. The number of allylic oxidation sites excluding steroid dienone is 4. The molecule has 1 unspecified atom stereocenters. The van der Waals surface area contributed by atoms with Crippen molar-refractivity contribution in [2.45, 2.75) is 32.7 Å². The summed E-state index contributed by atoms with van der Waals surface area (Å²) in [7, 11) is -2.45. The summed E-state index contributed by atoms with van der Waals surface area (Å²) in [4.78, 5) is 0. The van der Waals surface area contributed by atoms with Crippen molar-refractivity contribution >= 4 is 23.6 Å². The van der Waals surface area contributed by atoms with Gasteiger partial charge in [0, 0.05) is 0 Å². The predicted molar refractivity (Wildman–Crippen MR) is 123 cm³/mol. The second-order valence-electron chi connectivity index (χ2n) is 7.97. The molecule has 1 aliphatic rings. The van der Waals surface area contributed by atoms with Crippen LogP contribution in [0.4, 0.5) is 0 Å². The van der Waals surface area contributed by atoms with Crippen LogP contribution in [0.25, 0.3) is 0 Å². The maximum atomic E-state index is 3.97. The standard InChI is InChI=1S/C27H27Si.3ClH.Ti/c1-21-20-27(4,23(3)22(21)2)28(24-14-8-5-9-15-24,25-16-10-6-11-17-25)26-18-12-7-13-19-26;;;;/h5-19H,1-4H3;3*1H;/q-1;;;;+4/p-3. The maximum Gasteiger partial charge on any atom is 4.00 e. The normalized spacial score (nSPS) is 17.2. The molecule has 0 heterocycles. The van der Waals surface area contributed by atoms with Crippen LogP contribution in [-0.2, 0) is 21.7 Å². The molecule has 164 valence electrons. The van der Waals surface area contributed by atoms with E-state index >= 15 is 0 Å². The fourth-order valence-electron chi connectivity index (χ4n) is 5.02. The van der Waals surface area contributed by atoms with Gasteiger partial charge in [-0.2, -0.15) is 11.1 Å². The van der Waals surface area contributed by atoms with Gasteiger partial charge in [-0.1, -0.05) is 117 Å². The van der Waals surface area contributed by atoms with E-state index in [0.717, 1.165) is 0 Å². The van der Waals surface area contributed by atoms with Crippen LogP contribution in [0.2, 0.25) is 5.04 Å².